The Hall–Kier alpha value is -1.44. The van der Waals surface area contributed by atoms with Crippen LogP contribution in [0.4, 0.5) is 0 Å². The van der Waals surface area contributed by atoms with Crippen LogP contribution in [-0.2, 0) is 23.8 Å². The zero-order valence-electron chi connectivity index (χ0n) is 8.56. The molecular formula is C9H10N2O5. The van der Waals surface area contributed by atoms with Crippen LogP contribution in [0, 0.1) is 0 Å². The Labute approximate surface area is 90.7 Å². The third kappa shape index (κ3) is 0.885. The summed E-state index contributed by atoms with van der Waals surface area (Å²) in [5.74, 6) is -0.985. The largest absolute Gasteiger partial charge is 0.456 e. The molecule has 0 saturated carbocycles. The predicted molar refractivity (Wildman–Crippen MR) is 48.5 cm³/mol. The number of carbonyl (C=O) groups is 2. The first-order valence-corrected chi connectivity index (χ1v) is 4.78. The van der Waals surface area contributed by atoms with Crippen molar-refractivity contribution in [2.45, 2.75) is 12.0 Å². The van der Waals surface area contributed by atoms with Gasteiger partial charge in [-0.15, -0.1) is 0 Å². The molecule has 2 N–H and O–H groups in total. The number of nitrogens with two attached hydrogens (primary N) is 1. The standard InChI is InChI=1S/C9H10N2O5/c1-14-9(10)7(13)11-5-4(2-15-6(5)12)3-16-8(9)11/h8H,2-3,10H2,1H3/t8-,9+/m1/s1. The summed E-state index contributed by atoms with van der Waals surface area (Å²) < 4.78 is 15.1. The summed E-state index contributed by atoms with van der Waals surface area (Å²) in [6.07, 6.45) is -0.741. The Kier molecular flexibility index (Phi) is 1.72. The lowest BCUT2D eigenvalue weighted by Crippen LogP contribution is -2.80. The molecule has 0 spiro atoms. The highest BCUT2D eigenvalue weighted by Crippen LogP contribution is 2.40. The maximum atomic E-state index is 11.8. The molecular weight excluding hydrogens is 216 g/mol. The van der Waals surface area contributed by atoms with E-state index in [0.29, 0.717) is 5.57 Å². The van der Waals surface area contributed by atoms with Crippen LogP contribution in [0.5, 0.6) is 0 Å². The van der Waals surface area contributed by atoms with Gasteiger partial charge < -0.3 is 14.2 Å². The lowest BCUT2D eigenvalue weighted by atomic mass is 9.96. The van der Waals surface area contributed by atoms with Crippen molar-refractivity contribution in [1.29, 1.82) is 0 Å². The smallest absolute Gasteiger partial charge is 0.355 e. The van der Waals surface area contributed by atoms with Gasteiger partial charge in [0, 0.05) is 12.7 Å². The number of ether oxygens (including phenoxy) is 3. The highest BCUT2D eigenvalue weighted by atomic mass is 16.6. The minimum atomic E-state index is -1.48. The van der Waals surface area contributed by atoms with Crippen molar-refractivity contribution >= 4 is 11.9 Å². The molecule has 2 atom stereocenters. The molecule has 7 nitrogen and oxygen atoms in total. The molecule has 3 aliphatic heterocycles. The van der Waals surface area contributed by atoms with E-state index in [1.807, 2.05) is 0 Å². The molecule has 1 amide bonds. The molecule has 3 rings (SSSR count). The van der Waals surface area contributed by atoms with Crippen LogP contribution >= 0.6 is 0 Å². The molecule has 0 radical (unpaired) electrons. The number of rotatable bonds is 1. The van der Waals surface area contributed by atoms with Gasteiger partial charge in [-0.2, -0.15) is 0 Å². The highest BCUT2D eigenvalue weighted by Gasteiger charge is 2.65. The van der Waals surface area contributed by atoms with E-state index < -0.39 is 23.8 Å². The molecule has 3 aliphatic rings. The van der Waals surface area contributed by atoms with E-state index in [1.165, 1.54) is 12.0 Å². The van der Waals surface area contributed by atoms with Gasteiger partial charge in [0.15, 0.2) is 6.23 Å². The lowest BCUT2D eigenvalue weighted by Gasteiger charge is -2.52. The second-order valence-electron chi connectivity index (χ2n) is 3.86. The van der Waals surface area contributed by atoms with Crippen LogP contribution in [0.1, 0.15) is 0 Å². The number of esters is 1. The molecule has 0 aromatic heterocycles. The summed E-state index contributed by atoms with van der Waals surface area (Å²) in [7, 11) is 1.33. The zero-order valence-corrected chi connectivity index (χ0v) is 8.56. The fourth-order valence-corrected chi connectivity index (χ4v) is 2.12. The third-order valence-electron chi connectivity index (χ3n) is 3.05. The van der Waals surface area contributed by atoms with Crippen LogP contribution < -0.4 is 5.73 Å². The number of amides is 1. The van der Waals surface area contributed by atoms with Crippen LogP contribution in [0.3, 0.4) is 0 Å². The second kappa shape index (κ2) is 2.82. The Morgan fingerprint density at radius 1 is 1.50 bits per heavy atom. The minimum Gasteiger partial charge on any atom is -0.456 e. The number of β-lactam (4-membered cyclic amide) rings is 1. The molecule has 3 heterocycles. The fourth-order valence-electron chi connectivity index (χ4n) is 2.12. The van der Waals surface area contributed by atoms with Crippen LogP contribution in [0.2, 0.25) is 0 Å². The molecule has 0 aromatic carbocycles. The summed E-state index contributed by atoms with van der Waals surface area (Å²) in [4.78, 5) is 24.4. The van der Waals surface area contributed by atoms with E-state index in [1.54, 1.807) is 0 Å². The van der Waals surface area contributed by atoms with E-state index in [2.05, 4.69) is 0 Å². The molecule has 16 heavy (non-hydrogen) atoms. The van der Waals surface area contributed by atoms with Gasteiger partial charge in [-0.3, -0.25) is 15.4 Å². The number of cyclic esters (lactones) is 1. The Morgan fingerprint density at radius 3 is 2.94 bits per heavy atom. The van der Waals surface area contributed by atoms with E-state index >= 15 is 0 Å². The van der Waals surface area contributed by atoms with Gasteiger partial charge in [0.05, 0.1) is 6.61 Å². The molecule has 0 aromatic rings. The first-order valence-electron chi connectivity index (χ1n) is 4.78. The van der Waals surface area contributed by atoms with Crippen molar-refractivity contribution < 1.29 is 23.8 Å². The first-order chi connectivity index (χ1) is 7.59. The second-order valence-corrected chi connectivity index (χ2v) is 3.86. The van der Waals surface area contributed by atoms with E-state index in [0.717, 1.165) is 0 Å². The number of methoxy groups -OCH3 is 1. The summed E-state index contributed by atoms with van der Waals surface area (Å²) in [6, 6.07) is 0. The van der Waals surface area contributed by atoms with Crippen LogP contribution in [-0.4, -0.2) is 49.1 Å². The Morgan fingerprint density at radius 2 is 2.25 bits per heavy atom. The fraction of sp³-hybridized carbons (Fsp3) is 0.556. The van der Waals surface area contributed by atoms with Crippen LogP contribution in [0.25, 0.3) is 0 Å². The number of hydrogen-bond donors (Lipinski definition) is 1. The summed E-state index contributed by atoms with van der Waals surface area (Å²) in [5.41, 5.74) is 5.17. The highest BCUT2D eigenvalue weighted by molar-refractivity contribution is 6.02. The first kappa shape index (κ1) is 9.76. The molecule has 1 saturated heterocycles. The lowest BCUT2D eigenvalue weighted by molar-refractivity contribution is -0.247. The zero-order chi connectivity index (χ0) is 11.5. The molecule has 0 bridgehead atoms. The topological polar surface area (TPSA) is 91.1 Å². The van der Waals surface area contributed by atoms with Crippen molar-refractivity contribution in [2.75, 3.05) is 20.3 Å². The average molecular weight is 226 g/mol. The Bertz CT molecular complexity index is 432. The molecule has 1 fully saturated rings. The van der Waals surface area contributed by atoms with E-state index in [9.17, 15) is 9.59 Å². The molecule has 7 heteroatoms. The van der Waals surface area contributed by atoms with Crippen molar-refractivity contribution in [3.63, 3.8) is 0 Å². The number of hydrogen-bond acceptors (Lipinski definition) is 6. The molecule has 86 valence electrons. The quantitative estimate of drug-likeness (QED) is 0.325. The van der Waals surface area contributed by atoms with Gasteiger partial charge in [0.2, 0.25) is 5.72 Å². The molecule has 0 unspecified atom stereocenters. The maximum absolute atomic E-state index is 11.8. The van der Waals surface area contributed by atoms with Crippen molar-refractivity contribution in [2.24, 2.45) is 5.73 Å². The van der Waals surface area contributed by atoms with Gasteiger partial charge >= 0.3 is 5.97 Å². The third-order valence-corrected chi connectivity index (χ3v) is 3.05. The van der Waals surface area contributed by atoms with Crippen molar-refractivity contribution in [3.05, 3.63) is 11.3 Å². The monoisotopic (exact) mass is 226 g/mol. The summed E-state index contributed by atoms with van der Waals surface area (Å²) in [5, 5.41) is 0. The van der Waals surface area contributed by atoms with Crippen molar-refractivity contribution in [1.82, 2.24) is 4.90 Å². The van der Waals surface area contributed by atoms with Gasteiger partial charge in [-0.05, 0) is 0 Å². The average Bonchev–Trinajstić information content (AvgIpc) is 2.68. The Balaban J connectivity index is 2.00. The van der Waals surface area contributed by atoms with Crippen molar-refractivity contribution in [3.8, 4) is 0 Å². The number of nitrogens with zero attached hydrogens (tertiary/aromatic N) is 1. The molecule has 0 aliphatic carbocycles. The van der Waals surface area contributed by atoms with Gasteiger partial charge in [-0.1, -0.05) is 0 Å². The minimum absolute atomic E-state index is 0.176. The number of fused-ring (bicyclic) bond motifs is 2. The van der Waals surface area contributed by atoms with E-state index in [-0.39, 0.29) is 18.9 Å². The van der Waals surface area contributed by atoms with E-state index in [4.69, 9.17) is 19.9 Å². The SMILES string of the molecule is CO[C@@]1(N)C(=O)N2C3=C(COC3=O)CO[C@@H]21. The predicted octanol–water partition coefficient (Wildman–Crippen LogP) is -1.70. The normalized spacial score (nSPS) is 36.9. The summed E-state index contributed by atoms with van der Waals surface area (Å²) in [6.45, 7) is 0.410. The van der Waals surface area contributed by atoms with Gasteiger partial charge in [0.25, 0.3) is 5.91 Å². The van der Waals surface area contributed by atoms with Gasteiger partial charge in [0.1, 0.15) is 12.3 Å². The maximum Gasteiger partial charge on any atom is 0.355 e. The van der Waals surface area contributed by atoms with Gasteiger partial charge in [-0.25, -0.2) is 4.79 Å². The van der Waals surface area contributed by atoms with Crippen LogP contribution in [0.15, 0.2) is 11.3 Å². The summed E-state index contributed by atoms with van der Waals surface area (Å²) >= 11 is 0. The number of carbonyl (C=O) groups excluding carboxylic acids is 2.